The molecule has 0 unspecified atom stereocenters. The van der Waals surface area contributed by atoms with Gasteiger partial charge in [0.2, 0.25) is 0 Å². The lowest BCUT2D eigenvalue weighted by atomic mass is 10.2. The van der Waals surface area contributed by atoms with Gasteiger partial charge < -0.3 is 0 Å². The number of benzene rings is 1. The Hall–Kier alpha value is -0.530. The zero-order valence-corrected chi connectivity index (χ0v) is 14.2. The minimum atomic E-state index is -3.47. The van der Waals surface area contributed by atoms with Crippen molar-refractivity contribution >= 4 is 44.7 Å². The van der Waals surface area contributed by atoms with Gasteiger partial charge in [-0.15, -0.1) is 23.1 Å². The first-order valence-electron chi connectivity index (χ1n) is 5.78. The molecule has 3 nitrogen and oxygen atoms in total. The molecule has 2 rings (SSSR count). The fourth-order valence-corrected chi connectivity index (χ4v) is 4.92. The molecule has 0 aliphatic heterocycles. The first-order valence-corrected chi connectivity index (χ1v) is 9.64. The second kappa shape index (κ2) is 6.49. The van der Waals surface area contributed by atoms with Crippen LogP contribution in [0.1, 0.15) is 5.56 Å². The fourth-order valence-electron chi connectivity index (χ4n) is 1.66. The van der Waals surface area contributed by atoms with E-state index in [-0.39, 0.29) is 4.21 Å². The van der Waals surface area contributed by atoms with Gasteiger partial charge >= 0.3 is 0 Å². The summed E-state index contributed by atoms with van der Waals surface area (Å²) in [6, 6.07) is 11.0. The Bertz CT molecular complexity index is 680. The van der Waals surface area contributed by atoms with E-state index in [1.807, 2.05) is 30.5 Å². The molecular formula is C13H14ClNO2S3. The number of thiophene rings is 1. The average Bonchev–Trinajstić information content (AvgIpc) is 2.87. The third-order valence-corrected chi connectivity index (χ3v) is 7.02. The monoisotopic (exact) mass is 347 g/mol. The molecule has 1 heterocycles. The highest BCUT2D eigenvalue weighted by atomic mass is 35.5. The van der Waals surface area contributed by atoms with Gasteiger partial charge in [-0.25, -0.2) is 8.42 Å². The van der Waals surface area contributed by atoms with Gasteiger partial charge in [0.25, 0.3) is 10.0 Å². The predicted molar refractivity (Wildman–Crippen MR) is 86.2 cm³/mol. The van der Waals surface area contributed by atoms with Gasteiger partial charge in [-0.1, -0.05) is 23.7 Å². The second-order valence-electron chi connectivity index (χ2n) is 4.17. The third kappa shape index (κ3) is 3.56. The number of thioether (sulfide) groups is 1. The van der Waals surface area contributed by atoms with Gasteiger partial charge in [0.05, 0.1) is 4.34 Å². The van der Waals surface area contributed by atoms with Crippen molar-refractivity contribution in [2.24, 2.45) is 0 Å². The molecule has 1 aromatic carbocycles. The predicted octanol–water partition coefficient (Wildman–Crippen LogP) is 3.94. The third-order valence-electron chi connectivity index (χ3n) is 2.78. The summed E-state index contributed by atoms with van der Waals surface area (Å²) >= 11 is 8.53. The van der Waals surface area contributed by atoms with Crippen molar-refractivity contribution in [3.8, 4) is 0 Å². The van der Waals surface area contributed by atoms with Crippen molar-refractivity contribution in [2.45, 2.75) is 15.6 Å². The van der Waals surface area contributed by atoms with E-state index < -0.39 is 10.0 Å². The maximum Gasteiger partial charge on any atom is 0.252 e. The van der Waals surface area contributed by atoms with Crippen molar-refractivity contribution in [3.05, 3.63) is 46.3 Å². The first kappa shape index (κ1) is 15.9. The van der Waals surface area contributed by atoms with E-state index >= 15 is 0 Å². The van der Waals surface area contributed by atoms with E-state index in [0.717, 1.165) is 21.8 Å². The molecule has 0 saturated carbocycles. The zero-order chi connectivity index (χ0) is 14.8. The summed E-state index contributed by atoms with van der Waals surface area (Å²) in [5, 5.41) is 0. The van der Waals surface area contributed by atoms with Crippen LogP contribution < -0.4 is 0 Å². The summed E-state index contributed by atoms with van der Waals surface area (Å²) in [4.78, 5) is 1.16. The lowest BCUT2D eigenvalue weighted by molar-refractivity contribution is 0.468. The van der Waals surface area contributed by atoms with Crippen LogP contribution in [0.4, 0.5) is 0 Å². The van der Waals surface area contributed by atoms with Crippen molar-refractivity contribution in [3.63, 3.8) is 0 Å². The molecule has 0 spiro atoms. The summed E-state index contributed by atoms with van der Waals surface area (Å²) in [7, 11) is -1.89. The Morgan fingerprint density at radius 3 is 2.35 bits per heavy atom. The number of halogens is 1. The lowest BCUT2D eigenvalue weighted by Crippen LogP contribution is -2.25. The molecule has 108 valence electrons. The Kier molecular flexibility index (Phi) is 5.14. The Morgan fingerprint density at radius 2 is 1.85 bits per heavy atom. The van der Waals surface area contributed by atoms with Crippen LogP contribution in [-0.4, -0.2) is 26.0 Å². The van der Waals surface area contributed by atoms with E-state index in [9.17, 15) is 8.42 Å². The van der Waals surface area contributed by atoms with Crippen LogP contribution in [0, 0.1) is 0 Å². The SMILES string of the molecule is CSc1ccc(CN(C)S(=O)(=O)c2ccc(Cl)s2)cc1. The maximum absolute atomic E-state index is 12.3. The van der Waals surface area contributed by atoms with Gasteiger partial charge in [0, 0.05) is 18.5 Å². The van der Waals surface area contributed by atoms with Crippen LogP contribution in [0.25, 0.3) is 0 Å². The topological polar surface area (TPSA) is 37.4 Å². The van der Waals surface area contributed by atoms with Gasteiger partial charge in [0.15, 0.2) is 0 Å². The van der Waals surface area contributed by atoms with Crippen LogP contribution in [-0.2, 0) is 16.6 Å². The van der Waals surface area contributed by atoms with Crippen molar-refractivity contribution in [1.29, 1.82) is 0 Å². The van der Waals surface area contributed by atoms with E-state index in [2.05, 4.69) is 0 Å². The maximum atomic E-state index is 12.3. The van der Waals surface area contributed by atoms with Gasteiger partial charge in [-0.2, -0.15) is 4.31 Å². The molecule has 0 N–H and O–H groups in total. The normalized spacial score (nSPS) is 12.0. The first-order chi connectivity index (χ1) is 9.43. The van der Waals surface area contributed by atoms with Gasteiger partial charge in [-0.05, 0) is 36.1 Å². The van der Waals surface area contributed by atoms with Crippen molar-refractivity contribution in [1.82, 2.24) is 4.31 Å². The summed E-state index contributed by atoms with van der Waals surface area (Å²) < 4.78 is 26.8. The smallest absolute Gasteiger partial charge is 0.206 e. The molecule has 0 bridgehead atoms. The van der Waals surface area contributed by atoms with E-state index in [0.29, 0.717) is 10.9 Å². The van der Waals surface area contributed by atoms with Crippen molar-refractivity contribution < 1.29 is 8.42 Å². The summed E-state index contributed by atoms with van der Waals surface area (Å²) in [5.41, 5.74) is 0.955. The summed E-state index contributed by atoms with van der Waals surface area (Å²) in [6.45, 7) is 0.340. The highest BCUT2D eigenvalue weighted by Gasteiger charge is 2.22. The molecule has 0 atom stereocenters. The largest absolute Gasteiger partial charge is 0.252 e. The van der Waals surface area contributed by atoms with Crippen LogP contribution in [0.15, 0.2) is 45.5 Å². The summed E-state index contributed by atoms with van der Waals surface area (Å²) in [5.74, 6) is 0. The molecule has 7 heteroatoms. The van der Waals surface area contributed by atoms with E-state index in [1.54, 1.807) is 24.9 Å². The number of hydrogen-bond donors (Lipinski definition) is 0. The lowest BCUT2D eigenvalue weighted by Gasteiger charge is -2.16. The van der Waals surface area contributed by atoms with Gasteiger partial charge in [-0.3, -0.25) is 0 Å². The number of sulfonamides is 1. The van der Waals surface area contributed by atoms with E-state index in [1.165, 1.54) is 10.4 Å². The molecule has 0 aliphatic carbocycles. The van der Waals surface area contributed by atoms with Crippen LogP contribution in [0.2, 0.25) is 4.34 Å². The van der Waals surface area contributed by atoms with Crippen LogP contribution in [0.5, 0.6) is 0 Å². The van der Waals surface area contributed by atoms with Crippen LogP contribution in [0.3, 0.4) is 0 Å². The Morgan fingerprint density at radius 1 is 1.20 bits per heavy atom. The molecular weight excluding hydrogens is 334 g/mol. The molecule has 20 heavy (non-hydrogen) atoms. The number of nitrogens with zero attached hydrogens (tertiary/aromatic N) is 1. The van der Waals surface area contributed by atoms with Gasteiger partial charge in [0.1, 0.15) is 4.21 Å². The van der Waals surface area contributed by atoms with Crippen LogP contribution >= 0.6 is 34.7 Å². The molecule has 0 amide bonds. The van der Waals surface area contributed by atoms with E-state index in [4.69, 9.17) is 11.6 Å². The molecule has 0 aliphatic rings. The molecule has 1 aromatic heterocycles. The minimum Gasteiger partial charge on any atom is -0.206 e. The molecule has 0 saturated heterocycles. The Labute approximate surface area is 132 Å². The Balaban J connectivity index is 2.16. The fraction of sp³-hybridized carbons (Fsp3) is 0.231. The summed E-state index contributed by atoms with van der Waals surface area (Å²) in [6.07, 6.45) is 2.01. The molecule has 0 radical (unpaired) electrons. The van der Waals surface area contributed by atoms with Crippen molar-refractivity contribution in [2.75, 3.05) is 13.3 Å². The number of rotatable bonds is 5. The molecule has 2 aromatic rings. The zero-order valence-electron chi connectivity index (χ0n) is 11.0. The highest BCUT2D eigenvalue weighted by Crippen LogP contribution is 2.28. The highest BCUT2D eigenvalue weighted by molar-refractivity contribution is 7.98. The standard InChI is InChI=1S/C13H14ClNO2S3/c1-15(9-10-3-5-11(18-2)6-4-10)20(16,17)13-8-7-12(14)19-13/h3-8H,9H2,1-2H3. The minimum absolute atomic E-state index is 0.269. The average molecular weight is 348 g/mol. The second-order valence-corrected chi connectivity index (χ2v) is 9.03. The molecule has 0 fully saturated rings. The number of hydrogen-bond acceptors (Lipinski definition) is 4. The quantitative estimate of drug-likeness (QED) is 0.769.